The standard InChI is InChI=1S/C16H13BrO6S/c1-9-2-4-10(5-3-9)6-15(24(21)22)23-14-8-13(18)11(16(19)20)7-12(14)17/h2-5,7-8,18H,6H2,1H3,(H,19,20). The van der Waals surface area contributed by atoms with Gasteiger partial charge in [-0.05, 0) is 34.5 Å². The van der Waals surface area contributed by atoms with Crippen molar-refractivity contribution < 1.29 is 28.2 Å². The summed E-state index contributed by atoms with van der Waals surface area (Å²) >= 11 is 3.11. The lowest BCUT2D eigenvalue weighted by Crippen LogP contribution is -2.14. The number of aryl methyl sites for hydroxylation is 1. The van der Waals surface area contributed by atoms with E-state index in [1.54, 1.807) is 12.1 Å². The molecule has 0 heterocycles. The summed E-state index contributed by atoms with van der Waals surface area (Å²) in [6.45, 7) is 1.92. The maximum absolute atomic E-state index is 11.4. The van der Waals surface area contributed by atoms with Crippen molar-refractivity contribution in [3.05, 3.63) is 57.6 Å². The Morgan fingerprint density at radius 1 is 1.21 bits per heavy atom. The quantitative estimate of drug-likeness (QED) is 0.748. The second kappa shape index (κ2) is 7.50. The number of aromatic hydroxyl groups is 1. The summed E-state index contributed by atoms with van der Waals surface area (Å²) in [5.74, 6) is -1.83. The number of phenols is 1. The van der Waals surface area contributed by atoms with Crippen LogP contribution in [0.15, 0.2) is 40.9 Å². The van der Waals surface area contributed by atoms with E-state index in [-0.39, 0.29) is 27.3 Å². The number of carboxylic acids is 1. The first-order valence-electron chi connectivity index (χ1n) is 6.72. The van der Waals surface area contributed by atoms with Crippen LogP contribution in [0, 0.1) is 6.92 Å². The minimum Gasteiger partial charge on any atom is -0.507 e. The van der Waals surface area contributed by atoms with Gasteiger partial charge in [-0.2, -0.15) is 8.42 Å². The number of halogens is 1. The van der Waals surface area contributed by atoms with Crippen LogP contribution in [0.2, 0.25) is 0 Å². The molecule has 2 N–H and O–H groups in total. The molecule has 0 aromatic heterocycles. The zero-order valence-corrected chi connectivity index (χ0v) is 14.9. The third-order valence-corrected chi connectivity index (χ3v) is 4.38. The lowest BCUT2D eigenvalue weighted by molar-refractivity contribution is 0.0693. The van der Waals surface area contributed by atoms with E-state index in [2.05, 4.69) is 15.9 Å². The fraction of sp³-hybridized carbons (Fsp3) is 0.125. The van der Waals surface area contributed by atoms with Crippen LogP contribution in [0.25, 0.3) is 0 Å². The maximum Gasteiger partial charge on any atom is 0.339 e. The Hall–Kier alpha value is -2.32. The summed E-state index contributed by atoms with van der Waals surface area (Å²) in [5.41, 5.74) is 1.46. The number of ether oxygens (including phenoxy) is 1. The minimum atomic E-state index is -2.61. The molecule has 0 saturated carbocycles. The van der Waals surface area contributed by atoms with Crippen LogP contribution < -0.4 is 4.74 Å². The van der Waals surface area contributed by atoms with E-state index in [1.165, 1.54) is 0 Å². The molecule has 0 unspecified atom stereocenters. The Morgan fingerprint density at radius 2 is 1.83 bits per heavy atom. The molecule has 126 valence electrons. The topological polar surface area (TPSA) is 101 Å². The molecule has 24 heavy (non-hydrogen) atoms. The van der Waals surface area contributed by atoms with Crippen LogP contribution in [0.3, 0.4) is 0 Å². The summed E-state index contributed by atoms with van der Waals surface area (Å²) < 4.78 is 28.4. The number of hydrogen-bond acceptors (Lipinski definition) is 5. The lowest BCUT2D eigenvalue weighted by atomic mass is 10.1. The van der Waals surface area contributed by atoms with Gasteiger partial charge in [0.05, 0.1) is 4.47 Å². The number of aromatic carboxylic acids is 1. The van der Waals surface area contributed by atoms with Crippen LogP contribution in [0.1, 0.15) is 21.5 Å². The number of rotatable bonds is 4. The average Bonchev–Trinajstić information content (AvgIpc) is 2.51. The van der Waals surface area contributed by atoms with Gasteiger partial charge in [-0.25, -0.2) is 4.79 Å². The fourth-order valence-electron chi connectivity index (χ4n) is 1.92. The van der Waals surface area contributed by atoms with E-state index in [0.29, 0.717) is 0 Å². The highest BCUT2D eigenvalue weighted by molar-refractivity contribution is 9.10. The Labute approximate surface area is 148 Å². The molecule has 0 bridgehead atoms. The minimum absolute atomic E-state index is 0.00353. The van der Waals surface area contributed by atoms with Crippen LogP contribution in [0.5, 0.6) is 11.5 Å². The van der Waals surface area contributed by atoms with Crippen LogP contribution in [0.4, 0.5) is 0 Å². The highest BCUT2D eigenvalue weighted by atomic mass is 79.9. The molecule has 0 radical (unpaired) electrons. The molecular formula is C16H13BrO6S. The van der Waals surface area contributed by atoms with E-state index >= 15 is 0 Å². The molecule has 6 nitrogen and oxygen atoms in total. The monoisotopic (exact) mass is 412 g/mol. The normalized spacial score (nSPS) is 10.2. The first-order valence-corrected chi connectivity index (χ1v) is 8.59. The van der Waals surface area contributed by atoms with Gasteiger partial charge in [0.25, 0.3) is 10.3 Å². The van der Waals surface area contributed by atoms with Crippen molar-refractivity contribution in [1.82, 2.24) is 0 Å². The Bertz CT molecular complexity index is 908. The SMILES string of the molecule is Cc1ccc(CC(Oc2cc(O)c(C(=O)O)cc2Br)=S(=O)=O)cc1. The first kappa shape index (κ1) is 18.0. The zero-order valence-electron chi connectivity index (χ0n) is 12.5. The average molecular weight is 413 g/mol. The summed E-state index contributed by atoms with van der Waals surface area (Å²) in [6.07, 6.45) is 0.0320. The van der Waals surface area contributed by atoms with Gasteiger partial charge in [0.2, 0.25) is 5.05 Å². The second-order valence-corrected chi connectivity index (χ2v) is 6.76. The van der Waals surface area contributed by atoms with Crippen LogP contribution >= 0.6 is 15.9 Å². The Morgan fingerprint density at radius 3 is 2.38 bits per heavy atom. The van der Waals surface area contributed by atoms with Crippen molar-refractivity contribution in [3.8, 4) is 11.5 Å². The highest BCUT2D eigenvalue weighted by Crippen LogP contribution is 2.32. The maximum atomic E-state index is 11.4. The van der Waals surface area contributed by atoms with Gasteiger partial charge >= 0.3 is 5.97 Å². The van der Waals surface area contributed by atoms with Gasteiger partial charge in [0, 0.05) is 12.5 Å². The Kier molecular flexibility index (Phi) is 5.63. The molecule has 2 rings (SSSR count). The molecule has 2 aromatic carbocycles. The molecule has 0 aliphatic heterocycles. The molecular weight excluding hydrogens is 400 g/mol. The van der Waals surface area contributed by atoms with Gasteiger partial charge in [-0.1, -0.05) is 29.8 Å². The van der Waals surface area contributed by atoms with Crippen molar-refractivity contribution in [2.75, 3.05) is 0 Å². The second-order valence-electron chi connectivity index (χ2n) is 4.98. The summed E-state index contributed by atoms with van der Waals surface area (Å²) in [7, 11) is -2.61. The number of hydrogen-bond donors (Lipinski definition) is 2. The van der Waals surface area contributed by atoms with Crippen molar-refractivity contribution >= 4 is 37.2 Å². The lowest BCUT2D eigenvalue weighted by Gasteiger charge is -2.10. The van der Waals surface area contributed by atoms with Crippen LogP contribution in [-0.2, 0) is 16.7 Å². The summed E-state index contributed by atoms with van der Waals surface area (Å²) in [6, 6.07) is 9.46. The van der Waals surface area contributed by atoms with Crippen LogP contribution in [-0.4, -0.2) is 29.7 Å². The van der Waals surface area contributed by atoms with Crippen molar-refractivity contribution in [2.45, 2.75) is 13.3 Å². The summed E-state index contributed by atoms with van der Waals surface area (Å²) in [4.78, 5) is 11.0. The van der Waals surface area contributed by atoms with Gasteiger partial charge in [0.1, 0.15) is 17.1 Å². The number of carbonyl (C=O) groups is 1. The predicted molar refractivity (Wildman–Crippen MR) is 92.2 cm³/mol. The van der Waals surface area contributed by atoms with E-state index in [4.69, 9.17) is 9.84 Å². The van der Waals surface area contributed by atoms with Gasteiger partial charge < -0.3 is 14.9 Å². The van der Waals surface area contributed by atoms with Gasteiger partial charge in [0.15, 0.2) is 0 Å². The zero-order chi connectivity index (χ0) is 17.9. The number of benzene rings is 2. The first-order chi connectivity index (χ1) is 11.3. The van der Waals surface area contributed by atoms with Gasteiger partial charge in [-0.15, -0.1) is 0 Å². The molecule has 0 aliphatic rings. The highest BCUT2D eigenvalue weighted by Gasteiger charge is 2.16. The third-order valence-electron chi connectivity index (χ3n) is 3.16. The largest absolute Gasteiger partial charge is 0.507 e. The van der Waals surface area contributed by atoms with E-state index in [0.717, 1.165) is 23.3 Å². The van der Waals surface area contributed by atoms with E-state index in [1.807, 2.05) is 19.1 Å². The molecule has 0 aliphatic carbocycles. The van der Waals surface area contributed by atoms with E-state index < -0.39 is 22.0 Å². The molecule has 0 atom stereocenters. The molecule has 0 fully saturated rings. The number of carboxylic acid groups (broad SMARTS) is 1. The fourth-order valence-corrected chi connectivity index (χ4v) is 2.78. The van der Waals surface area contributed by atoms with Crippen molar-refractivity contribution in [1.29, 1.82) is 0 Å². The predicted octanol–water partition coefficient (Wildman–Crippen LogP) is 2.79. The van der Waals surface area contributed by atoms with Crippen molar-refractivity contribution in [3.63, 3.8) is 0 Å². The third kappa shape index (κ3) is 4.36. The Balaban J connectivity index is 2.33. The molecule has 0 saturated heterocycles. The molecule has 0 spiro atoms. The van der Waals surface area contributed by atoms with Gasteiger partial charge in [-0.3, -0.25) is 0 Å². The van der Waals surface area contributed by atoms with E-state index in [9.17, 15) is 18.3 Å². The molecule has 2 aromatic rings. The molecule has 8 heteroatoms. The smallest absolute Gasteiger partial charge is 0.339 e. The van der Waals surface area contributed by atoms with Crippen molar-refractivity contribution in [2.24, 2.45) is 0 Å². The summed E-state index contributed by atoms with van der Waals surface area (Å²) in [5, 5.41) is 18.4. The molecule has 0 amide bonds.